The van der Waals surface area contributed by atoms with E-state index in [1.54, 1.807) is 0 Å². The van der Waals surface area contributed by atoms with Crippen molar-refractivity contribution in [1.29, 1.82) is 0 Å². The second kappa shape index (κ2) is 6.98. The summed E-state index contributed by atoms with van der Waals surface area (Å²) in [7, 11) is 0. The number of rotatable bonds is 6. The third-order valence-corrected chi connectivity index (χ3v) is 2.11. The molecule has 0 amide bonds. The van der Waals surface area contributed by atoms with E-state index in [1.165, 1.54) is 0 Å². The molecule has 0 unspecified atom stereocenters. The van der Waals surface area contributed by atoms with Crippen LogP contribution in [0.4, 0.5) is 0 Å². The minimum absolute atomic E-state index is 0.149. The average molecular weight is 224 g/mol. The van der Waals surface area contributed by atoms with Gasteiger partial charge in [-0.05, 0) is 12.0 Å². The Labute approximate surface area is 94.5 Å². The summed E-state index contributed by atoms with van der Waals surface area (Å²) in [4.78, 5) is 11.2. The Morgan fingerprint density at radius 1 is 1.31 bits per heavy atom. The topological polar surface area (TPSA) is 66.8 Å². The highest BCUT2D eigenvalue weighted by Gasteiger charge is 2.07. The predicted molar refractivity (Wildman–Crippen MR) is 58.8 cm³/mol. The van der Waals surface area contributed by atoms with Crippen LogP contribution in [0.2, 0.25) is 0 Å². The summed E-state index contributed by atoms with van der Waals surface area (Å²) in [5, 5.41) is 17.5. The maximum Gasteiger partial charge on any atom is 0.306 e. The van der Waals surface area contributed by atoms with Gasteiger partial charge in [-0.1, -0.05) is 30.3 Å². The minimum atomic E-state index is -0.985. The SMILES string of the molecule is O=C(CCc1ccccc1)OC[C@H](O)CO. The van der Waals surface area contributed by atoms with Crippen LogP contribution in [0.25, 0.3) is 0 Å². The highest BCUT2D eigenvalue weighted by Crippen LogP contribution is 2.03. The quantitative estimate of drug-likeness (QED) is 0.691. The summed E-state index contributed by atoms with van der Waals surface area (Å²) in [5.41, 5.74) is 1.07. The van der Waals surface area contributed by atoms with E-state index in [9.17, 15) is 4.79 Å². The first-order chi connectivity index (χ1) is 7.72. The van der Waals surface area contributed by atoms with Crippen LogP contribution in [0.3, 0.4) is 0 Å². The number of aliphatic hydroxyl groups excluding tert-OH is 2. The van der Waals surface area contributed by atoms with Crippen molar-refractivity contribution >= 4 is 5.97 Å². The Hall–Kier alpha value is -1.39. The van der Waals surface area contributed by atoms with Gasteiger partial charge in [-0.25, -0.2) is 0 Å². The predicted octanol–water partition coefficient (Wildman–Crippen LogP) is 0.516. The van der Waals surface area contributed by atoms with E-state index in [-0.39, 0.29) is 19.0 Å². The fourth-order valence-corrected chi connectivity index (χ4v) is 1.21. The van der Waals surface area contributed by atoms with Crippen LogP contribution in [-0.4, -0.2) is 35.5 Å². The van der Waals surface area contributed by atoms with Crippen LogP contribution >= 0.6 is 0 Å². The molecule has 0 radical (unpaired) electrons. The van der Waals surface area contributed by atoms with Crippen molar-refractivity contribution in [3.05, 3.63) is 35.9 Å². The van der Waals surface area contributed by atoms with Crippen molar-refractivity contribution < 1.29 is 19.7 Å². The zero-order valence-electron chi connectivity index (χ0n) is 9.00. The third-order valence-electron chi connectivity index (χ3n) is 2.11. The molecule has 1 aromatic rings. The molecule has 0 aliphatic heterocycles. The zero-order valence-corrected chi connectivity index (χ0v) is 9.00. The number of benzene rings is 1. The standard InChI is InChI=1S/C12H16O4/c13-8-11(14)9-16-12(15)7-6-10-4-2-1-3-5-10/h1-5,11,13-14H,6-9H2/t11-/m1/s1. The molecule has 1 atom stereocenters. The van der Waals surface area contributed by atoms with Crippen LogP contribution in [0.5, 0.6) is 0 Å². The number of carbonyl (C=O) groups excluding carboxylic acids is 1. The van der Waals surface area contributed by atoms with Crippen molar-refractivity contribution in [2.24, 2.45) is 0 Å². The minimum Gasteiger partial charge on any atom is -0.463 e. The van der Waals surface area contributed by atoms with E-state index in [0.717, 1.165) is 5.56 Å². The highest BCUT2D eigenvalue weighted by atomic mass is 16.5. The number of ether oxygens (including phenoxy) is 1. The lowest BCUT2D eigenvalue weighted by Gasteiger charge is -2.08. The number of carbonyl (C=O) groups is 1. The Morgan fingerprint density at radius 3 is 2.62 bits per heavy atom. The molecule has 4 heteroatoms. The van der Waals surface area contributed by atoms with Gasteiger partial charge >= 0.3 is 5.97 Å². The zero-order chi connectivity index (χ0) is 11.8. The molecule has 0 saturated carbocycles. The van der Waals surface area contributed by atoms with Gasteiger partial charge in [0.15, 0.2) is 0 Å². The molecule has 88 valence electrons. The summed E-state index contributed by atoms with van der Waals surface area (Å²) in [6.07, 6.45) is -0.0856. The number of aryl methyl sites for hydroxylation is 1. The highest BCUT2D eigenvalue weighted by molar-refractivity contribution is 5.69. The summed E-state index contributed by atoms with van der Waals surface area (Å²) in [5.74, 6) is -0.364. The smallest absolute Gasteiger partial charge is 0.306 e. The third kappa shape index (κ3) is 4.91. The van der Waals surface area contributed by atoms with Gasteiger partial charge in [-0.3, -0.25) is 4.79 Å². The molecular formula is C12H16O4. The van der Waals surface area contributed by atoms with Crippen molar-refractivity contribution in [2.75, 3.05) is 13.2 Å². The Kier molecular flexibility index (Phi) is 5.53. The molecule has 0 fully saturated rings. The van der Waals surface area contributed by atoms with Crippen molar-refractivity contribution in [1.82, 2.24) is 0 Å². The van der Waals surface area contributed by atoms with Crippen LogP contribution < -0.4 is 0 Å². The van der Waals surface area contributed by atoms with E-state index < -0.39 is 12.7 Å². The molecule has 1 aromatic carbocycles. The van der Waals surface area contributed by atoms with Crippen molar-refractivity contribution in [3.8, 4) is 0 Å². The molecule has 16 heavy (non-hydrogen) atoms. The van der Waals surface area contributed by atoms with Crippen LogP contribution in [0.15, 0.2) is 30.3 Å². The maximum absolute atomic E-state index is 11.2. The van der Waals surface area contributed by atoms with Crippen molar-refractivity contribution in [3.63, 3.8) is 0 Å². The molecule has 1 rings (SSSR count). The van der Waals surface area contributed by atoms with Gasteiger partial charge in [0.05, 0.1) is 6.61 Å². The lowest BCUT2D eigenvalue weighted by molar-refractivity contribution is -0.147. The van der Waals surface area contributed by atoms with Gasteiger partial charge in [-0.2, -0.15) is 0 Å². The normalized spacial score (nSPS) is 12.1. The first-order valence-corrected chi connectivity index (χ1v) is 5.21. The van der Waals surface area contributed by atoms with Gasteiger partial charge in [0.2, 0.25) is 0 Å². The molecule has 0 bridgehead atoms. The summed E-state index contributed by atoms with van der Waals surface area (Å²) < 4.78 is 4.77. The molecule has 2 N–H and O–H groups in total. The van der Waals surface area contributed by atoms with Crippen molar-refractivity contribution in [2.45, 2.75) is 18.9 Å². The molecule has 0 saturated heterocycles. The van der Waals surface area contributed by atoms with E-state index in [2.05, 4.69) is 0 Å². The van der Waals surface area contributed by atoms with Crippen LogP contribution in [-0.2, 0) is 16.0 Å². The number of hydrogen-bond acceptors (Lipinski definition) is 4. The Morgan fingerprint density at radius 2 is 2.00 bits per heavy atom. The molecular weight excluding hydrogens is 208 g/mol. The van der Waals surface area contributed by atoms with Gasteiger partial charge in [-0.15, -0.1) is 0 Å². The Bertz CT molecular complexity index is 310. The maximum atomic E-state index is 11.2. The number of aliphatic hydroxyl groups is 2. The molecule has 0 spiro atoms. The largest absolute Gasteiger partial charge is 0.463 e. The van der Waals surface area contributed by atoms with E-state index in [4.69, 9.17) is 14.9 Å². The number of esters is 1. The monoisotopic (exact) mass is 224 g/mol. The van der Waals surface area contributed by atoms with E-state index in [0.29, 0.717) is 6.42 Å². The number of hydrogen-bond donors (Lipinski definition) is 2. The first kappa shape index (κ1) is 12.7. The van der Waals surface area contributed by atoms with Crippen LogP contribution in [0.1, 0.15) is 12.0 Å². The first-order valence-electron chi connectivity index (χ1n) is 5.21. The van der Waals surface area contributed by atoms with Gasteiger partial charge in [0.1, 0.15) is 12.7 Å². The molecule has 0 aromatic heterocycles. The fraction of sp³-hybridized carbons (Fsp3) is 0.417. The van der Waals surface area contributed by atoms with E-state index >= 15 is 0 Å². The van der Waals surface area contributed by atoms with Gasteiger partial charge < -0.3 is 14.9 Å². The van der Waals surface area contributed by atoms with Gasteiger partial charge in [0, 0.05) is 6.42 Å². The summed E-state index contributed by atoms with van der Waals surface area (Å²) in [6.45, 7) is -0.546. The molecule has 4 nitrogen and oxygen atoms in total. The second-order valence-electron chi connectivity index (χ2n) is 3.51. The fourth-order valence-electron chi connectivity index (χ4n) is 1.21. The molecule has 0 aliphatic carbocycles. The lowest BCUT2D eigenvalue weighted by Crippen LogP contribution is -2.22. The summed E-state index contributed by atoms with van der Waals surface area (Å²) >= 11 is 0. The van der Waals surface area contributed by atoms with Crippen LogP contribution in [0, 0.1) is 0 Å². The Balaban J connectivity index is 2.20. The molecule has 0 aliphatic rings. The van der Waals surface area contributed by atoms with E-state index in [1.807, 2.05) is 30.3 Å². The summed E-state index contributed by atoms with van der Waals surface area (Å²) in [6, 6.07) is 9.62. The van der Waals surface area contributed by atoms with Gasteiger partial charge in [0.25, 0.3) is 0 Å². The lowest BCUT2D eigenvalue weighted by atomic mass is 10.1. The average Bonchev–Trinajstić information content (AvgIpc) is 2.34. The molecule has 0 heterocycles. The second-order valence-corrected chi connectivity index (χ2v) is 3.51.